The molecule has 0 saturated carbocycles. The normalized spacial score (nSPS) is 10.8. The van der Waals surface area contributed by atoms with Gasteiger partial charge in [-0.15, -0.1) is 0 Å². The summed E-state index contributed by atoms with van der Waals surface area (Å²) in [4.78, 5) is 0. The second-order valence-corrected chi connectivity index (χ2v) is 4.46. The molecular weight excluding hydrogens is 235 g/mol. The van der Waals surface area contributed by atoms with Crippen LogP contribution in [0.3, 0.4) is 0 Å². The molecule has 2 rings (SSSR count). The summed E-state index contributed by atoms with van der Waals surface area (Å²) in [7, 11) is 0. The Morgan fingerprint density at radius 3 is 2.35 bits per heavy atom. The first-order valence-electron chi connectivity index (χ1n) is 5.48. The smallest absolute Gasteiger partial charge is 0.123 e. The fourth-order valence-corrected chi connectivity index (χ4v) is 1.97. The van der Waals surface area contributed by atoms with E-state index < -0.39 is 0 Å². The first-order chi connectivity index (χ1) is 8.16. The first kappa shape index (κ1) is 12.1. The maximum atomic E-state index is 12.8. The van der Waals surface area contributed by atoms with Crippen LogP contribution in [-0.2, 0) is 6.42 Å². The van der Waals surface area contributed by atoms with Crippen molar-refractivity contribution in [2.75, 3.05) is 0 Å². The van der Waals surface area contributed by atoms with E-state index in [-0.39, 0.29) is 5.82 Å². The van der Waals surface area contributed by atoms with Crippen molar-refractivity contribution in [1.29, 1.82) is 0 Å². The standard InChI is InChI=1S/C15H13ClF/c1-11(12-6-8-14(17)9-7-12)10-13-4-2-3-5-15(13)16/h2-9H,10H2,1H3. The Labute approximate surface area is 106 Å². The van der Waals surface area contributed by atoms with Gasteiger partial charge < -0.3 is 0 Å². The van der Waals surface area contributed by atoms with Crippen molar-refractivity contribution >= 4 is 11.6 Å². The van der Waals surface area contributed by atoms with Gasteiger partial charge in [0.15, 0.2) is 0 Å². The van der Waals surface area contributed by atoms with Gasteiger partial charge in [0.2, 0.25) is 0 Å². The Balaban J connectivity index is 2.14. The van der Waals surface area contributed by atoms with E-state index in [0.29, 0.717) is 0 Å². The lowest BCUT2D eigenvalue weighted by Crippen LogP contribution is -2.00. The monoisotopic (exact) mass is 247 g/mol. The first-order valence-corrected chi connectivity index (χ1v) is 5.86. The molecule has 1 radical (unpaired) electrons. The maximum Gasteiger partial charge on any atom is 0.123 e. The van der Waals surface area contributed by atoms with E-state index in [9.17, 15) is 4.39 Å². The molecule has 2 aromatic carbocycles. The summed E-state index contributed by atoms with van der Waals surface area (Å²) >= 11 is 6.11. The van der Waals surface area contributed by atoms with E-state index in [0.717, 1.165) is 22.6 Å². The number of rotatable bonds is 3. The summed E-state index contributed by atoms with van der Waals surface area (Å²) in [6, 6.07) is 14.3. The lowest BCUT2D eigenvalue weighted by atomic mass is 9.94. The molecule has 0 N–H and O–H groups in total. The molecule has 0 aliphatic heterocycles. The summed E-state index contributed by atoms with van der Waals surface area (Å²) in [6.07, 6.45) is 0.783. The molecule has 17 heavy (non-hydrogen) atoms. The van der Waals surface area contributed by atoms with Crippen LogP contribution in [0.1, 0.15) is 18.1 Å². The molecular formula is C15H13ClF. The Bertz CT molecular complexity index is 491. The van der Waals surface area contributed by atoms with Crippen molar-refractivity contribution in [3.05, 3.63) is 76.4 Å². The van der Waals surface area contributed by atoms with Gasteiger partial charge in [0.1, 0.15) is 5.82 Å². The number of halogens is 2. The highest BCUT2D eigenvalue weighted by molar-refractivity contribution is 6.31. The molecule has 0 aliphatic carbocycles. The van der Waals surface area contributed by atoms with E-state index in [1.807, 2.05) is 31.2 Å². The third-order valence-corrected chi connectivity index (χ3v) is 3.12. The fraction of sp³-hybridized carbons (Fsp3) is 0.133. The molecule has 2 heteroatoms. The van der Waals surface area contributed by atoms with Crippen molar-refractivity contribution < 1.29 is 4.39 Å². The third-order valence-electron chi connectivity index (χ3n) is 2.75. The average molecular weight is 248 g/mol. The van der Waals surface area contributed by atoms with Gasteiger partial charge in [0.25, 0.3) is 0 Å². The highest BCUT2D eigenvalue weighted by atomic mass is 35.5. The Kier molecular flexibility index (Phi) is 3.80. The van der Waals surface area contributed by atoms with Gasteiger partial charge in [-0.3, -0.25) is 0 Å². The molecule has 0 bridgehead atoms. The molecule has 0 spiro atoms. The fourth-order valence-electron chi connectivity index (χ4n) is 1.76. The zero-order valence-corrected chi connectivity index (χ0v) is 10.3. The molecule has 2 aromatic rings. The van der Waals surface area contributed by atoms with E-state index >= 15 is 0 Å². The number of hydrogen-bond acceptors (Lipinski definition) is 0. The zero-order valence-electron chi connectivity index (χ0n) is 9.58. The summed E-state index contributed by atoms with van der Waals surface area (Å²) in [6.45, 7) is 2.04. The zero-order chi connectivity index (χ0) is 12.3. The van der Waals surface area contributed by atoms with E-state index in [1.165, 1.54) is 18.1 Å². The van der Waals surface area contributed by atoms with Gasteiger partial charge in [-0.2, -0.15) is 0 Å². The van der Waals surface area contributed by atoms with Crippen molar-refractivity contribution in [3.63, 3.8) is 0 Å². The SMILES string of the molecule is C[C](Cc1ccccc1Cl)c1ccc(F)cc1. The van der Waals surface area contributed by atoms with Gasteiger partial charge >= 0.3 is 0 Å². The van der Waals surface area contributed by atoms with Gasteiger partial charge in [0, 0.05) is 10.9 Å². The van der Waals surface area contributed by atoms with E-state index in [1.54, 1.807) is 12.1 Å². The summed E-state index contributed by atoms with van der Waals surface area (Å²) in [5.41, 5.74) is 2.14. The second-order valence-electron chi connectivity index (χ2n) is 4.06. The minimum Gasteiger partial charge on any atom is -0.207 e. The van der Waals surface area contributed by atoms with Crippen LogP contribution in [0.25, 0.3) is 0 Å². The molecule has 0 unspecified atom stereocenters. The highest BCUT2D eigenvalue weighted by Gasteiger charge is 2.09. The lowest BCUT2D eigenvalue weighted by Gasteiger charge is -2.12. The van der Waals surface area contributed by atoms with Crippen LogP contribution < -0.4 is 0 Å². The Morgan fingerprint density at radius 2 is 1.71 bits per heavy atom. The van der Waals surface area contributed by atoms with Crippen molar-refractivity contribution in [2.24, 2.45) is 0 Å². The van der Waals surface area contributed by atoms with Crippen LogP contribution in [0.15, 0.2) is 48.5 Å². The second kappa shape index (κ2) is 5.33. The Morgan fingerprint density at radius 1 is 1.06 bits per heavy atom. The minimum atomic E-state index is -0.209. The van der Waals surface area contributed by atoms with Crippen LogP contribution in [0.4, 0.5) is 4.39 Å². The van der Waals surface area contributed by atoms with E-state index in [4.69, 9.17) is 11.6 Å². The van der Waals surface area contributed by atoms with Gasteiger partial charge in [-0.25, -0.2) is 4.39 Å². The van der Waals surface area contributed by atoms with Crippen LogP contribution in [0.5, 0.6) is 0 Å². The van der Waals surface area contributed by atoms with Crippen LogP contribution in [0.2, 0.25) is 5.02 Å². The van der Waals surface area contributed by atoms with Crippen molar-refractivity contribution in [2.45, 2.75) is 13.3 Å². The van der Waals surface area contributed by atoms with Gasteiger partial charge in [-0.05, 0) is 35.7 Å². The topological polar surface area (TPSA) is 0 Å². The molecule has 0 heterocycles. The summed E-state index contributed by atoms with van der Waals surface area (Å²) in [5.74, 6) is 0.970. The van der Waals surface area contributed by atoms with Gasteiger partial charge in [0.05, 0.1) is 0 Å². The molecule has 0 atom stereocenters. The van der Waals surface area contributed by atoms with Crippen LogP contribution in [-0.4, -0.2) is 0 Å². The predicted molar refractivity (Wildman–Crippen MR) is 69.6 cm³/mol. The Hall–Kier alpha value is -1.34. The molecule has 87 valence electrons. The summed E-state index contributed by atoms with van der Waals surface area (Å²) in [5, 5.41) is 0.772. The highest BCUT2D eigenvalue weighted by Crippen LogP contribution is 2.24. The molecule has 0 aromatic heterocycles. The molecule has 0 fully saturated rings. The van der Waals surface area contributed by atoms with Gasteiger partial charge in [-0.1, -0.05) is 48.9 Å². The average Bonchev–Trinajstić information content (AvgIpc) is 2.33. The minimum absolute atomic E-state index is 0.209. The quantitative estimate of drug-likeness (QED) is 0.740. The largest absolute Gasteiger partial charge is 0.207 e. The van der Waals surface area contributed by atoms with Crippen molar-refractivity contribution in [1.82, 2.24) is 0 Å². The van der Waals surface area contributed by atoms with E-state index in [2.05, 4.69) is 0 Å². The summed E-state index contributed by atoms with van der Waals surface area (Å²) < 4.78 is 12.8. The van der Waals surface area contributed by atoms with Crippen LogP contribution in [0, 0.1) is 11.7 Å². The lowest BCUT2D eigenvalue weighted by molar-refractivity contribution is 0.627. The maximum absolute atomic E-state index is 12.8. The third kappa shape index (κ3) is 3.07. The molecule has 0 saturated heterocycles. The van der Waals surface area contributed by atoms with Crippen LogP contribution >= 0.6 is 11.6 Å². The predicted octanol–water partition coefficient (Wildman–Crippen LogP) is 4.66. The number of benzene rings is 2. The van der Waals surface area contributed by atoms with Crippen molar-refractivity contribution in [3.8, 4) is 0 Å². The molecule has 0 amide bonds. The molecule has 0 aliphatic rings. The molecule has 0 nitrogen and oxygen atoms in total. The number of hydrogen-bond donors (Lipinski definition) is 0.